The van der Waals surface area contributed by atoms with Gasteiger partial charge in [0.25, 0.3) is 0 Å². The van der Waals surface area contributed by atoms with Crippen LogP contribution in [0.25, 0.3) is 10.9 Å². The molecule has 1 aromatic carbocycles. The summed E-state index contributed by atoms with van der Waals surface area (Å²) < 4.78 is 5.54. The number of hydrogen-bond donors (Lipinski definition) is 2. The molecule has 1 unspecified atom stereocenters. The second-order valence-corrected chi connectivity index (χ2v) is 5.74. The van der Waals surface area contributed by atoms with E-state index in [9.17, 15) is 4.79 Å². The van der Waals surface area contributed by atoms with Crippen molar-refractivity contribution in [3.05, 3.63) is 30.5 Å². The number of amides is 1. The topological polar surface area (TPSA) is 51.2 Å². The van der Waals surface area contributed by atoms with Crippen LogP contribution in [0.5, 0.6) is 0 Å². The van der Waals surface area contributed by atoms with Crippen LogP contribution in [0.1, 0.15) is 25.7 Å². The van der Waals surface area contributed by atoms with E-state index in [2.05, 4.69) is 22.9 Å². The number of carbonyl (C=O) groups excluding carboxylic acids is 1. The molecule has 0 bridgehead atoms. The highest BCUT2D eigenvalue weighted by Gasteiger charge is 2.17. The van der Waals surface area contributed by atoms with Gasteiger partial charge in [-0.15, -0.1) is 12.6 Å². The minimum absolute atomic E-state index is 0.0163. The van der Waals surface area contributed by atoms with Crippen LogP contribution < -0.4 is 5.32 Å². The molecule has 2 aromatic rings. The highest BCUT2D eigenvalue weighted by atomic mass is 32.1. The number of nitrogens with zero attached hydrogens (tertiary/aromatic N) is 1. The SMILES string of the molecule is O=C(CCC1CCCO1)Nc1ccc(S)c2ncccc12. The second-order valence-electron chi connectivity index (χ2n) is 5.25. The number of rotatable bonds is 4. The van der Waals surface area contributed by atoms with Crippen molar-refractivity contribution in [3.8, 4) is 0 Å². The number of fused-ring (bicyclic) bond motifs is 1. The van der Waals surface area contributed by atoms with Crippen molar-refractivity contribution < 1.29 is 9.53 Å². The zero-order valence-electron chi connectivity index (χ0n) is 11.7. The lowest BCUT2D eigenvalue weighted by atomic mass is 10.1. The van der Waals surface area contributed by atoms with E-state index in [1.807, 2.05) is 24.3 Å². The number of carbonyl (C=O) groups is 1. The standard InChI is InChI=1S/C16H18N2O2S/c19-15(8-5-11-3-2-10-20-11)18-13-6-7-14(21)16-12(13)4-1-9-17-16/h1,4,6-7,9,11,21H,2-3,5,8,10H2,(H,18,19). The molecule has 1 amide bonds. The number of aromatic nitrogens is 1. The quantitative estimate of drug-likeness (QED) is 0.851. The Morgan fingerprint density at radius 3 is 3.14 bits per heavy atom. The molecule has 1 aliphatic rings. The molecule has 0 radical (unpaired) electrons. The lowest BCUT2D eigenvalue weighted by Crippen LogP contribution is -2.15. The largest absolute Gasteiger partial charge is 0.378 e. The Labute approximate surface area is 129 Å². The molecule has 2 heterocycles. The first kappa shape index (κ1) is 14.4. The third kappa shape index (κ3) is 3.36. The predicted molar refractivity (Wildman–Crippen MR) is 85.8 cm³/mol. The maximum Gasteiger partial charge on any atom is 0.224 e. The van der Waals surface area contributed by atoms with Crippen molar-refractivity contribution in [2.24, 2.45) is 0 Å². The van der Waals surface area contributed by atoms with Crippen LogP contribution >= 0.6 is 12.6 Å². The van der Waals surface area contributed by atoms with Gasteiger partial charge in [-0.25, -0.2) is 0 Å². The zero-order valence-corrected chi connectivity index (χ0v) is 12.6. The molecule has 21 heavy (non-hydrogen) atoms. The van der Waals surface area contributed by atoms with Crippen LogP contribution in [0, 0.1) is 0 Å². The Balaban J connectivity index is 1.69. The molecule has 0 aliphatic carbocycles. The molecule has 1 N–H and O–H groups in total. The Morgan fingerprint density at radius 2 is 2.33 bits per heavy atom. The number of nitrogens with one attached hydrogen (secondary N) is 1. The molecule has 1 fully saturated rings. The normalized spacial score (nSPS) is 18.0. The van der Waals surface area contributed by atoms with E-state index in [1.54, 1.807) is 6.20 Å². The van der Waals surface area contributed by atoms with Gasteiger partial charge in [-0.2, -0.15) is 0 Å². The van der Waals surface area contributed by atoms with E-state index in [4.69, 9.17) is 4.74 Å². The van der Waals surface area contributed by atoms with Crippen LogP contribution in [0.15, 0.2) is 35.4 Å². The third-order valence-electron chi connectivity index (χ3n) is 3.74. The summed E-state index contributed by atoms with van der Waals surface area (Å²) in [5.74, 6) is 0.0163. The highest BCUT2D eigenvalue weighted by Crippen LogP contribution is 2.27. The highest BCUT2D eigenvalue weighted by molar-refractivity contribution is 7.80. The zero-order chi connectivity index (χ0) is 14.7. The fraction of sp³-hybridized carbons (Fsp3) is 0.375. The number of ether oxygens (including phenoxy) is 1. The van der Waals surface area contributed by atoms with Gasteiger partial charge >= 0.3 is 0 Å². The molecule has 0 saturated carbocycles. The summed E-state index contributed by atoms with van der Waals surface area (Å²) >= 11 is 4.40. The minimum atomic E-state index is 0.0163. The molecular formula is C16H18N2O2S. The van der Waals surface area contributed by atoms with Gasteiger partial charge in [-0.05, 0) is 43.5 Å². The van der Waals surface area contributed by atoms with Gasteiger partial charge < -0.3 is 10.1 Å². The molecule has 1 atom stereocenters. The van der Waals surface area contributed by atoms with Gasteiger partial charge in [0.1, 0.15) is 0 Å². The third-order valence-corrected chi connectivity index (χ3v) is 4.10. The first-order valence-electron chi connectivity index (χ1n) is 7.22. The van der Waals surface area contributed by atoms with Crippen LogP contribution in [0.2, 0.25) is 0 Å². The summed E-state index contributed by atoms with van der Waals surface area (Å²) in [6, 6.07) is 7.53. The lowest BCUT2D eigenvalue weighted by Gasteiger charge is -2.11. The summed E-state index contributed by atoms with van der Waals surface area (Å²) in [4.78, 5) is 17.2. The van der Waals surface area contributed by atoms with Crippen LogP contribution in [0.3, 0.4) is 0 Å². The average Bonchev–Trinajstić information content (AvgIpc) is 3.02. The molecule has 5 heteroatoms. The van der Waals surface area contributed by atoms with Gasteiger partial charge in [0.2, 0.25) is 5.91 Å². The number of hydrogen-bond acceptors (Lipinski definition) is 4. The number of benzene rings is 1. The van der Waals surface area contributed by atoms with Gasteiger partial charge in [-0.3, -0.25) is 9.78 Å². The van der Waals surface area contributed by atoms with Crippen LogP contribution in [0.4, 0.5) is 5.69 Å². The summed E-state index contributed by atoms with van der Waals surface area (Å²) in [7, 11) is 0. The monoisotopic (exact) mass is 302 g/mol. The Hall–Kier alpha value is -1.59. The van der Waals surface area contributed by atoms with Gasteiger partial charge in [0, 0.05) is 29.5 Å². The fourth-order valence-electron chi connectivity index (χ4n) is 2.64. The Bertz CT molecular complexity index is 654. The average molecular weight is 302 g/mol. The maximum absolute atomic E-state index is 12.1. The molecule has 0 spiro atoms. The van der Waals surface area contributed by atoms with Crippen LogP contribution in [-0.2, 0) is 9.53 Å². The van der Waals surface area contributed by atoms with Crippen LogP contribution in [-0.4, -0.2) is 23.6 Å². The number of anilines is 1. The summed E-state index contributed by atoms with van der Waals surface area (Å²) in [6.45, 7) is 0.825. The van der Waals surface area contributed by atoms with E-state index in [0.717, 1.165) is 47.4 Å². The first-order chi connectivity index (χ1) is 10.2. The van der Waals surface area contributed by atoms with E-state index in [0.29, 0.717) is 6.42 Å². The second kappa shape index (κ2) is 6.45. The van der Waals surface area contributed by atoms with Gasteiger partial charge in [0.05, 0.1) is 17.3 Å². The van der Waals surface area contributed by atoms with Crippen molar-refractivity contribution in [1.29, 1.82) is 0 Å². The summed E-state index contributed by atoms with van der Waals surface area (Å²) in [6.07, 6.45) is 5.40. The smallest absolute Gasteiger partial charge is 0.224 e. The molecule has 1 aromatic heterocycles. The molecular weight excluding hydrogens is 284 g/mol. The van der Waals surface area contributed by atoms with Crippen molar-refractivity contribution in [1.82, 2.24) is 4.98 Å². The fourth-order valence-corrected chi connectivity index (χ4v) is 2.90. The van der Waals surface area contributed by atoms with Crippen molar-refractivity contribution in [3.63, 3.8) is 0 Å². The van der Waals surface area contributed by atoms with Gasteiger partial charge in [-0.1, -0.05) is 0 Å². The maximum atomic E-state index is 12.1. The minimum Gasteiger partial charge on any atom is -0.378 e. The van der Waals surface area contributed by atoms with Crippen molar-refractivity contribution >= 4 is 35.1 Å². The Morgan fingerprint density at radius 1 is 1.43 bits per heavy atom. The summed E-state index contributed by atoms with van der Waals surface area (Å²) in [5, 5.41) is 3.88. The molecule has 3 rings (SSSR count). The van der Waals surface area contributed by atoms with Gasteiger partial charge in [0.15, 0.2) is 0 Å². The predicted octanol–water partition coefficient (Wildman–Crippen LogP) is 3.42. The lowest BCUT2D eigenvalue weighted by molar-refractivity contribution is -0.116. The van der Waals surface area contributed by atoms with E-state index in [1.165, 1.54) is 0 Å². The van der Waals surface area contributed by atoms with E-state index < -0.39 is 0 Å². The number of pyridine rings is 1. The first-order valence-corrected chi connectivity index (χ1v) is 7.67. The molecule has 110 valence electrons. The van der Waals surface area contributed by atoms with E-state index >= 15 is 0 Å². The Kier molecular flexibility index (Phi) is 4.41. The summed E-state index contributed by atoms with van der Waals surface area (Å²) in [5.41, 5.74) is 1.59. The van der Waals surface area contributed by atoms with Crippen molar-refractivity contribution in [2.45, 2.75) is 36.7 Å². The van der Waals surface area contributed by atoms with E-state index in [-0.39, 0.29) is 12.0 Å². The molecule has 1 aliphatic heterocycles. The number of thiol groups is 1. The molecule has 1 saturated heterocycles. The molecule has 4 nitrogen and oxygen atoms in total. The van der Waals surface area contributed by atoms with Crippen molar-refractivity contribution in [2.75, 3.05) is 11.9 Å².